The van der Waals surface area contributed by atoms with E-state index < -0.39 is 5.54 Å². The van der Waals surface area contributed by atoms with Crippen LogP contribution in [0, 0.1) is 11.8 Å². The minimum absolute atomic E-state index is 0.0310. The highest BCUT2D eigenvalue weighted by molar-refractivity contribution is 5.95. The van der Waals surface area contributed by atoms with E-state index in [1.54, 1.807) is 13.1 Å². The fourth-order valence-corrected chi connectivity index (χ4v) is 5.38. The number of amides is 1. The SMILES string of the molecule is CC#CC(=O)N1C2CCC1(c1nc(-c3ccc(Oc4ccccc4)cc3)c3c(N)nccn13)COC2. The predicted octanol–water partition coefficient (Wildman–Crippen LogP) is 4.01. The minimum atomic E-state index is -0.727. The molecule has 2 aliphatic heterocycles. The first kappa shape index (κ1) is 22.1. The molecular formula is C28H25N5O3. The van der Waals surface area contributed by atoms with Crippen LogP contribution in [0.15, 0.2) is 67.0 Å². The standard InChI is InChI=1S/C28H25N5O3/c1-2-6-23(34)33-20-13-14-28(33,18-35-17-20)27-31-24(25-26(29)30-15-16-32(25)27)19-9-11-22(12-10-19)36-21-7-4-3-5-8-21/h3-5,7-12,15-16,20H,13-14,17-18H2,1H3,(H2,29,30). The Labute approximate surface area is 208 Å². The van der Waals surface area contributed by atoms with Crippen molar-refractivity contribution in [3.8, 4) is 34.6 Å². The Balaban J connectivity index is 1.46. The Bertz CT molecular complexity index is 1500. The number of nitrogens with two attached hydrogens (primary N) is 1. The molecule has 0 spiro atoms. The van der Waals surface area contributed by atoms with Crippen LogP contribution in [-0.4, -0.2) is 44.4 Å². The van der Waals surface area contributed by atoms with Gasteiger partial charge in [0.2, 0.25) is 0 Å². The molecule has 2 aromatic heterocycles. The number of imidazole rings is 1. The van der Waals surface area contributed by atoms with Gasteiger partial charge in [0.25, 0.3) is 5.91 Å². The molecule has 8 nitrogen and oxygen atoms in total. The smallest absolute Gasteiger partial charge is 0.299 e. The van der Waals surface area contributed by atoms with Crippen LogP contribution < -0.4 is 10.5 Å². The molecule has 0 aliphatic carbocycles. The zero-order valence-corrected chi connectivity index (χ0v) is 19.8. The van der Waals surface area contributed by atoms with Gasteiger partial charge in [-0.1, -0.05) is 24.1 Å². The summed E-state index contributed by atoms with van der Waals surface area (Å²) in [6.45, 7) is 2.53. The topological polar surface area (TPSA) is 95.0 Å². The van der Waals surface area contributed by atoms with E-state index in [4.69, 9.17) is 20.2 Å². The Hall–Kier alpha value is -4.35. The molecule has 2 aliphatic rings. The predicted molar refractivity (Wildman–Crippen MR) is 135 cm³/mol. The molecule has 1 amide bonds. The van der Waals surface area contributed by atoms with E-state index in [9.17, 15) is 4.79 Å². The van der Waals surface area contributed by atoms with Gasteiger partial charge in [-0.05, 0) is 62.1 Å². The number of carbonyl (C=O) groups is 1. The van der Waals surface area contributed by atoms with Gasteiger partial charge in [0.15, 0.2) is 0 Å². The van der Waals surface area contributed by atoms with E-state index >= 15 is 0 Å². The maximum Gasteiger partial charge on any atom is 0.299 e. The second kappa shape index (κ2) is 8.70. The fraction of sp³-hybridized carbons (Fsp3) is 0.250. The number of nitrogens with zero attached hydrogens (tertiary/aromatic N) is 4. The monoisotopic (exact) mass is 479 g/mol. The third-order valence-electron chi connectivity index (χ3n) is 6.93. The zero-order chi connectivity index (χ0) is 24.7. The number of ether oxygens (including phenoxy) is 2. The van der Waals surface area contributed by atoms with Crippen LogP contribution in [0.5, 0.6) is 11.5 Å². The minimum Gasteiger partial charge on any atom is -0.457 e. The molecule has 2 atom stereocenters. The number of para-hydroxylation sites is 1. The number of fused-ring (bicyclic) bond motifs is 3. The van der Waals surface area contributed by atoms with E-state index in [2.05, 4.69) is 16.8 Å². The largest absolute Gasteiger partial charge is 0.457 e. The molecule has 2 N–H and O–H groups in total. The average molecular weight is 480 g/mol. The summed E-state index contributed by atoms with van der Waals surface area (Å²) in [4.78, 5) is 24.4. The molecule has 6 rings (SSSR count). The Morgan fingerprint density at radius 3 is 2.72 bits per heavy atom. The quantitative estimate of drug-likeness (QED) is 0.445. The summed E-state index contributed by atoms with van der Waals surface area (Å²) in [6, 6.07) is 17.3. The number of carbonyl (C=O) groups excluding carboxylic acids is 1. The molecule has 0 saturated carbocycles. The molecule has 2 bridgehead atoms. The zero-order valence-electron chi connectivity index (χ0n) is 19.8. The van der Waals surface area contributed by atoms with Crippen LogP contribution in [0.3, 0.4) is 0 Å². The number of hydrogen-bond acceptors (Lipinski definition) is 6. The lowest BCUT2D eigenvalue weighted by atomic mass is 9.95. The van der Waals surface area contributed by atoms with Crippen molar-refractivity contribution in [2.24, 2.45) is 0 Å². The summed E-state index contributed by atoms with van der Waals surface area (Å²) >= 11 is 0. The lowest BCUT2D eigenvalue weighted by Gasteiger charge is -2.42. The third-order valence-corrected chi connectivity index (χ3v) is 6.93. The first-order valence-electron chi connectivity index (χ1n) is 11.9. The number of morpholine rings is 1. The van der Waals surface area contributed by atoms with E-state index in [1.807, 2.05) is 70.1 Å². The highest BCUT2D eigenvalue weighted by atomic mass is 16.5. The van der Waals surface area contributed by atoms with Crippen LogP contribution in [0.25, 0.3) is 16.8 Å². The van der Waals surface area contributed by atoms with Crippen LogP contribution in [0.4, 0.5) is 5.82 Å². The summed E-state index contributed by atoms with van der Waals surface area (Å²) < 4.78 is 13.9. The Morgan fingerprint density at radius 2 is 1.94 bits per heavy atom. The van der Waals surface area contributed by atoms with Crippen molar-refractivity contribution in [3.63, 3.8) is 0 Å². The summed E-state index contributed by atoms with van der Waals surface area (Å²) in [5.74, 6) is 7.83. The third kappa shape index (κ3) is 3.48. The summed E-state index contributed by atoms with van der Waals surface area (Å²) in [6.07, 6.45) is 5.06. The first-order valence-corrected chi connectivity index (χ1v) is 11.9. The number of anilines is 1. The van der Waals surface area contributed by atoms with E-state index in [1.165, 1.54) is 0 Å². The summed E-state index contributed by atoms with van der Waals surface area (Å²) in [7, 11) is 0. The van der Waals surface area contributed by atoms with Crippen molar-refractivity contribution in [3.05, 3.63) is 72.8 Å². The van der Waals surface area contributed by atoms with Crippen LogP contribution in [0.2, 0.25) is 0 Å². The van der Waals surface area contributed by atoms with Crippen molar-refractivity contribution >= 4 is 17.2 Å². The molecule has 2 aromatic carbocycles. The highest BCUT2D eigenvalue weighted by Crippen LogP contribution is 2.46. The molecule has 180 valence electrons. The molecule has 2 fully saturated rings. The van der Waals surface area contributed by atoms with Gasteiger partial charge >= 0.3 is 0 Å². The average Bonchev–Trinajstić information content (AvgIpc) is 3.40. The molecule has 2 unspecified atom stereocenters. The van der Waals surface area contributed by atoms with Gasteiger partial charge in [0.05, 0.1) is 19.3 Å². The van der Waals surface area contributed by atoms with Gasteiger partial charge in [-0.2, -0.15) is 0 Å². The second-order valence-electron chi connectivity index (χ2n) is 9.04. The van der Waals surface area contributed by atoms with Gasteiger partial charge in [0, 0.05) is 18.0 Å². The Morgan fingerprint density at radius 1 is 1.17 bits per heavy atom. The van der Waals surface area contributed by atoms with Crippen LogP contribution in [-0.2, 0) is 15.1 Å². The number of nitrogen functional groups attached to an aromatic ring is 1. The number of benzene rings is 2. The lowest BCUT2D eigenvalue weighted by Crippen LogP contribution is -2.56. The van der Waals surface area contributed by atoms with Crippen LogP contribution in [0.1, 0.15) is 25.6 Å². The fourth-order valence-electron chi connectivity index (χ4n) is 5.38. The van der Waals surface area contributed by atoms with E-state index in [0.29, 0.717) is 41.8 Å². The molecule has 8 heteroatoms. The van der Waals surface area contributed by atoms with Crippen LogP contribution >= 0.6 is 0 Å². The molecule has 4 aromatic rings. The molecule has 36 heavy (non-hydrogen) atoms. The van der Waals surface area contributed by atoms with Gasteiger partial charge in [-0.25, -0.2) is 9.97 Å². The van der Waals surface area contributed by atoms with Crippen molar-refractivity contribution in [2.75, 3.05) is 18.9 Å². The molecule has 4 heterocycles. The van der Waals surface area contributed by atoms with Crippen molar-refractivity contribution in [2.45, 2.75) is 31.3 Å². The van der Waals surface area contributed by atoms with E-state index in [-0.39, 0.29) is 11.9 Å². The molecule has 2 saturated heterocycles. The van der Waals surface area contributed by atoms with Gasteiger partial charge < -0.3 is 20.1 Å². The van der Waals surface area contributed by atoms with Crippen molar-refractivity contribution in [1.29, 1.82) is 0 Å². The maximum absolute atomic E-state index is 13.1. The van der Waals surface area contributed by atoms with Gasteiger partial charge in [-0.3, -0.25) is 9.20 Å². The van der Waals surface area contributed by atoms with Gasteiger partial charge in [0.1, 0.15) is 39.9 Å². The second-order valence-corrected chi connectivity index (χ2v) is 9.04. The van der Waals surface area contributed by atoms with Gasteiger partial charge in [-0.15, -0.1) is 0 Å². The summed E-state index contributed by atoms with van der Waals surface area (Å²) in [5, 5.41) is 0. The number of hydrogen-bond donors (Lipinski definition) is 1. The maximum atomic E-state index is 13.1. The number of aromatic nitrogens is 3. The van der Waals surface area contributed by atoms with Crippen molar-refractivity contribution < 1.29 is 14.3 Å². The molecular weight excluding hydrogens is 454 g/mol. The Kier molecular flexibility index (Phi) is 5.35. The highest BCUT2D eigenvalue weighted by Gasteiger charge is 2.55. The normalized spacial score (nSPS) is 20.7. The number of rotatable bonds is 4. The lowest BCUT2D eigenvalue weighted by molar-refractivity contribution is -0.145. The first-order chi connectivity index (χ1) is 17.6. The summed E-state index contributed by atoms with van der Waals surface area (Å²) in [5.41, 5.74) is 7.91. The van der Waals surface area contributed by atoms with Crippen molar-refractivity contribution in [1.82, 2.24) is 19.3 Å². The van der Waals surface area contributed by atoms with E-state index in [0.717, 1.165) is 24.2 Å². The molecule has 0 radical (unpaired) electrons.